The third-order valence-electron chi connectivity index (χ3n) is 4.74. The number of nitrogens with one attached hydrogen (secondary N) is 1. The third-order valence-corrected chi connectivity index (χ3v) is 4.74. The van der Waals surface area contributed by atoms with Crippen LogP contribution < -0.4 is 5.32 Å². The molecule has 1 aliphatic carbocycles. The zero-order chi connectivity index (χ0) is 13.0. The van der Waals surface area contributed by atoms with Crippen molar-refractivity contribution in [3.05, 3.63) is 0 Å². The minimum absolute atomic E-state index is 0.841. The Kier molecular flexibility index (Phi) is 5.50. The van der Waals surface area contributed by atoms with E-state index in [-0.39, 0.29) is 0 Å². The van der Waals surface area contributed by atoms with Gasteiger partial charge < -0.3 is 5.32 Å². The number of hydrogen-bond donors (Lipinski definition) is 1. The summed E-state index contributed by atoms with van der Waals surface area (Å²) < 4.78 is 0. The van der Waals surface area contributed by atoms with Crippen LogP contribution in [0.1, 0.15) is 59.3 Å². The first-order valence-corrected chi connectivity index (χ1v) is 8.17. The molecule has 2 rings (SSSR count). The van der Waals surface area contributed by atoms with Crippen LogP contribution in [0.4, 0.5) is 0 Å². The molecule has 1 N–H and O–H groups in total. The van der Waals surface area contributed by atoms with Crippen LogP contribution in [0.3, 0.4) is 0 Å². The maximum Gasteiger partial charge on any atom is 0.0348 e. The van der Waals surface area contributed by atoms with Crippen molar-refractivity contribution in [3.8, 4) is 0 Å². The molecule has 1 aliphatic heterocycles. The van der Waals surface area contributed by atoms with E-state index in [0.717, 1.165) is 23.9 Å². The molecular formula is C16H32N2. The topological polar surface area (TPSA) is 15.3 Å². The van der Waals surface area contributed by atoms with Gasteiger partial charge in [0.25, 0.3) is 0 Å². The van der Waals surface area contributed by atoms with Gasteiger partial charge in [0.05, 0.1) is 0 Å². The van der Waals surface area contributed by atoms with Gasteiger partial charge in [-0.3, -0.25) is 4.90 Å². The van der Waals surface area contributed by atoms with Crippen LogP contribution in [0.2, 0.25) is 0 Å². The molecule has 2 atom stereocenters. The summed E-state index contributed by atoms with van der Waals surface area (Å²) in [6, 6.07) is 1.72. The highest BCUT2D eigenvalue weighted by Crippen LogP contribution is 2.33. The van der Waals surface area contributed by atoms with Crippen molar-refractivity contribution < 1.29 is 0 Å². The first-order chi connectivity index (χ1) is 8.70. The number of hydrogen-bond acceptors (Lipinski definition) is 2. The lowest BCUT2D eigenvalue weighted by Crippen LogP contribution is -2.60. The largest absolute Gasteiger partial charge is 0.314 e. The summed E-state index contributed by atoms with van der Waals surface area (Å²) in [7, 11) is 0. The van der Waals surface area contributed by atoms with E-state index in [1.807, 2.05) is 0 Å². The molecule has 0 aromatic heterocycles. The van der Waals surface area contributed by atoms with E-state index in [9.17, 15) is 0 Å². The molecule has 2 unspecified atom stereocenters. The molecule has 2 fully saturated rings. The van der Waals surface area contributed by atoms with Gasteiger partial charge in [-0.1, -0.05) is 33.6 Å². The number of rotatable bonds is 6. The zero-order valence-electron chi connectivity index (χ0n) is 12.6. The molecular weight excluding hydrogens is 220 g/mol. The highest BCUT2D eigenvalue weighted by molar-refractivity contribution is 4.90. The van der Waals surface area contributed by atoms with Crippen LogP contribution in [0.5, 0.6) is 0 Å². The quantitative estimate of drug-likeness (QED) is 0.780. The second-order valence-electron chi connectivity index (χ2n) is 6.87. The van der Waals surface area contributed by atoms with Crippen molar-refractivity contribution in [3.63, 3.8) is 0 Å². The van der Waals surface area contributed by atoms with Crippen LogP contribution in [0, 0.1) is 11.8 Å². The van der Waals surface area contributed by atoms with Gasteiger partial charge in [0, 0.05) is 25.2 Å². The predicted molar refractivity (Wildman–Crippen MR) is 78.9 cm³/mol. The lowest BCUT2D eigenvalue weighted by atomic mass is 9.80. The summed E-state index contributed by atoms with van der Waals surface area (Å²) >= 11 is 0. The second kappa shape index (κ2) is 6.91. The molecule has 0 spiro atoms. The van der Waals surface area contributed by atoms with E-state index in [4.69, 9.17) is 0 Å². The average molecular weight is 252 g/mol. The average Bonchev–Trinajstić information content (AvgIpc) is 2.25. The maximum atomic E-state index is 3.44. The molecule has 0 amide bonds. The van der Waals surface area contributed by atoms with Gasteiger partial charge in [-0.25, -0.2) is 0 Å². The Morgan fingerprint density at radius 2 is 1.94 bits per heavy atom. The second-order valence-corrected chi connectivity index (χ2v) is 6.87. The van der Waals surface area contributed by atoms with E-state index in [0.29, 0.717) is 0 Å². The Labute approximate surface area is 114 Å². The highest BCUT2D eigenvalue weighted by Gasteiger charge is 2.33. The van der Waals surface area contributed by atoms with E-state index in [1.165, 1.54) is 58.2 Å². The summed E-state index contributed by atoms with van der Waals surface area (Å²) in [6.07, 6.45) is 8.61. The number of nitrogens with zero attached hydrogens (tertiary/aromatic N) is 1. The lowest BCUT2D eigenvalue weighted by molar-refractivity contribution is 0.0560. The van der Waals surface area contributed by atoms with Gasteiger partial charge >= 0.3 is 0 Å². The SMILES string of the molecule is CCCN(C1CNC1)C1CCCC(CC(C)C)C1. The molecule has 1 heterocycles. The van der Waals surface area contributed by atoms with Crippen molar-refractivity contribution in [1.29, 1.82) is 0 Å². The molecule has 2 heteroatoms. The van der Waals surface area contributed by atoms with Gasteiger partial charge in [-0.05, 0) is 44.1 Å². The molecule has 106 valence electrons. The van der Waals surface area contributed by atoms with Gasteiger partial charge in [0.15, 0.2) is 0 Å². The molecule has 0 radical (unpaired) electrons. The summed E-state index contributed by atoms with van der Waals surface area (Å²) in [6.45, 7) is 10.8. The minimum atomic E-state index is 0.841. The Balaban J connectivity index is 1.88. The van der Waals surface area contributed by atoms with Crippen molar-refractivity contribution in [2.24, 2.45) is 11.8 Å². The molecule has 1 saturated carbocycles. The van der Waals surface area contributed by atoms with Crippen molar-refractivity contribution >= 4 is 0 Å². The fraction of sp³-hybridized carbons (Fsp3) is 1.00. The lowest BCUT2D eigenvalue weighted by Gasteiger charge is -2.46. The Morgan fingerprint density at radius 3 is 2.50 bits per heavy atom. The normalized spacial score (nSPS) is 29.8. The predicted octanol–water partition coefficient (Wildman–Crippen LogP) is 3.28. The van der Waals surface area contributed by atoms with E-state index in [2.05, 4.69) is 31.0 Å². The molecule has 2 nitrogen and oxygen atoms in total. The summed E-state index contributed by atoms with van der Waals surface area (Å²) in [5.41, 5.74) is 0. The fourth-order valence-corrected chi connectivity index (χ4v) is 3.87. The summed E-state index contributed by atoms with van der Waals surface area (Å²) in [5.74, 6) is 1.87. The third kappa shape index (κ3) is 3.71. The van der Waals surface area contributed by atoms with Gasteiger partial charge in [-0.15, -0.1) is 0 Å². The van der Waals surface area contributed by atoms with Gasteiger partial charge in [0.1, 0.15) is 0 Å². The molecule has 2 aliphatic rings. The fourth-order valence-electron chi connectivity index (χ4n) is 3.87. The van der Waals surface area contributed by atoms with Crippen LogP contribution in [-0.4, -0.2) is 36.6 Å². The first-order valence-electron chi connectivity index (χ1n) is 8.17. The van der Waals surface area contributed by atoms with Crippen LogP contribution in [0.15, 0.2) is 0 Å². The minimum Gasteiger partial charge on any atom is -0.314 e. The first kappa shape index (κ1) is 14.3. The Bertz CT molecular complexity index is 235. The zero-order valence-corrected chi connectivity index (χ0v) is 12.6. The van der Waals surface area contributed by atoms with E-state index in [1.54, 1.807) is 0 Å². The van der Waals surface area contributed by atoms with E-state index >= 15 is 0 Å². The molecule has 0 aromatic rings. The summed E-state index contributed by atoms with van der Waals surface area (Å²) in [4.78, 5) is 2.84. The van der Waals surface area contributed by atoms with Crippen LogP contribution >= 0.6 is 0 Å². The van der Waals surface area contributed by atoms with Gasteiger partial charge in [-0.2, -0.15) is 0 Å². The smallest absolute Gasteiger partial charge is 0.0348 e. The monoisotopic (exact) mass is 252 g/mol. The molecule has 0 aromatic carbocycles. The Morgan fingerprint density at radius 1 is 1.17 bits per heavy atom. The summed E-state index contributed by atoms with van der Waals surface area (Å²) in [5, 5.41) is 3.44. The molecule has 1 saturated heterocycles. The Hall–Kier alpha value is -0.0800. The highest BCUT2D eigenvalue weighted by atomic mass is 15.3. The van der Waals surface area contributed by atoms with Crippen LogP contribution in [-0.2, 0) is 0 Å². The van der Waals surface area contributed by atoms with Gasteiger partial charge in [0.2, 0.25) is 0 Å². The molecule has 0 bridgehead atoms. The van der Waals surface area contributed by atoms with E-state index < -0.39 is 0 Å². The van der Waals surface area contributed by atoms with Crippen LogP contribution in [0.25, 0.3) is 0 Å². The maximum absolute atomic E-state index is 3.44. The molecule has 18 heavy (non-hydrogen) atoms. The van der Waals surface area contributed by atoms with Crippen molar-refractivity contribution in [2.45, 2.75) is 71.4 Å². The van der Waals surface area contributed by atoms with Crippen molar-refractivity contribution in [2.75, 3.05) is 19.6 Å². The van der Waals surface area contributed by atoms with Crippen molar-refractivity contribution in [1.82, 2.24) is 10.2 Å². The standard InChI is InChI=1S/C16H32N2/c1-4-8-18(16-11-17-12-16)15-7-5-6-14(10-15)9-13(2)3/h13-17H,4-12H2,1-3H3.